The van der Waals surface area contributed by atoms with Crippen molar-refractivity contribution >= 4 is 17.3 Å². The minimum atomic E-state index is -1.30. The number of ether oxygens (including phenoxy) is 1. The number of nitrogens with zero attached hydrogens (tertiary/aromatic N) is 3. The summed E-state index contributed by atoms with van der Waals surface area (Å²) in [5.74, 6) is -0.997. The number of methoxy groups -OCH3 is 1. The van der Waals surface area contributed by atoms with Gasteiger partial charge in [-0.15, -0.1) is 16.4 Å². The number of aromatic carboxylic acids is 1. The largest absolute Gasteiger partial charge is 0.497 e. The molecule has 2 N–H and O–H groups in total. The zero-order valence-electron chi connectivity index (χ0n) is 11.3. The summed E-state index contributed by atoms with van der Waals surface area (Å²) < 4.78 is 6.02. The highest BCUT2D eigenvalue weighted by Gasteiger charge is 2.15. The summed E-state index contributed by atoms with van der Waals surface area (Å²) in [7, 11) is 1.58. The maximum absolute atomic E-state index is 11.7. The molecule has 0 aliphatic rings. The first-order chi connectivity index (χ1) is 10.6. The third-order valence-electron chi connectivity index (χ3n) is 2.88. The molecule has 9 heteroatoms. The van der Waals surface area contributed by atoms with Gasteiger partial charge in [0.15, 0.2) is 0 Å². The number of hydrogen-bond acceptors (Lipinski definition) is 6. The SMILES string of the molecule is COc1ccc(-c2csc(-n3nc(C(=O)O)[nH]c3=O)n2)cc1. The van der Waals surface area contributed by atoms with Gasteiger partial charge in [0.2, 0.25) is 11.0 Å². The van der Waals surface area contributed by atoms with Gasteiger partial charge in [0.05, 0.1) is 12.8 Å². The van der Waals surface area contributed by atoms with Crippen molar-refractivity contribution in [3.8, 4) is 22.1 Å². The van der Waals surface area contributed by atoms with Crippen LogP contribution in [0.3, 0.4) is 0 Å². The molecule has 0 radical (unpaired) electrons. The topological polar surface area (TPSA) is 110 Å². The zero-order valence-corrected chi connectivity index (χ0v) is 12.1. The average Bonchev–Trinajstić information content (AvgIpc) is 3.14. The summed E-state index contributed by atoms with van der Waals surface area (Å²) in [5, 5.41) is 14.6. The van der Waals surface area contributed by atoms with Crippen molar-refractivity contribution in [3.05, 3.63) is 46.0 Å². The number of carboxylic acids is 1. The Morgan fingerprint density at radius 1 is 1.36 bits per heavy atom. The van der Waals surface area contributed by atoms with Crippen LogP contribution in [0.25, 0.3) is 16.4 Å². The van der Waals surface area contributed by atoms with Crippen LogP contribution in [0, 0.1) is 0 Å². The lowest BCUT2D eigenvalue weighted by Gasteiger charge is -2.00. The number of H-pyrrole nitrogens is 1. The van der Waals surface area contributed by atoms with Crippen molar-refractivity contribution in [1.29, 1.82) is 0 Å². The van der Waals surface area contributed by atoms with Crippen molar-refractivity contribution in [2.24, 2.45) is 0 Å². The summed E-state index contributed by atoms with van der Waals surface area (Å²) in [5.41, 5.74) is 0.868. The Labute approximate surface area is 127 Å². The Kier molecular flexibility index (Phi) is 3.47. The van der Waals surface area contributed by atoms with Crippen LogP contribution in [-0.4, -0.2) is 37.9 Å². The van der Waals surface area contributed by atoms with Gasteiger partial charge in [-0.25, -0.2) is 14.6 Å². The lowest BCUT2D eigenvalue weighted by atomic mass is 10.2. The highest BCUT2D eigenvalue weighted by Crippen LogP contribution is 2.25. The van der Waals surface area contributed by atoms with Crippen molar-refractivity contribution in [3.63, 3.8) is 0 Å². The van der Waals surface area contributed by atoms with Gasteiger partial charge in [0.25, 0.3) is 0 Å². The second-order valence-corrected chi connectivity index (χ2v) is 5.08. The molecule has 0 bridgehead atoms. The molecule has 0 atom stereocenters. The minimum absolute atomic E-state index is 0.291. The highest BCUT2D eigenvalue weighted by atomic mass is 32.1. The van der Waals surface area contributed by atoms with E-state index in [0.29, 0.717) is 10.8 Å². The first-order valence-electron chi connectivity index (χ1n) is 6.11. The fraction of sp³-hybridized carbons (Fsp3) is 0.0769. The zero-order chi connectivity index (χ0) is 15.7. The van der Waals surface area contributed by atoms with E-state index in [-0.39, 0.29) is 0 Å². The van der Waals surface area contributed by atoms with Gasteiger partial charge in [0.1, 0.15) is 5.75 Å². The van der Waals surface area contributed by atoms with E-state index in [2.05, 4.69) is 15.1 Å². The monoisotopic (exact) mass is 318 g/mol. The van der Waals surface area contributed by atoms with Crippen LogP contribution in [0.4, 0.5) is 0 Å². The quantitative estimate of drug-likeness (QED) is 0.752. The summed E-state index contributed by atoms with van der Waals surface area (Å²) in [6.07, 6.45) is 0. The Bertz CT molecular complexity index is 878. The van der Waals surface area contributed by atoms with E-state index >= 15 is 0 Å². The van der Waals surface area contributed by atoms with E-state index in [0.717, 1.165) is 16.0 Å². The lowest BCUT2D eigenvalue weighted by Crippen LogP contribution is -2.15. The second kappa shape index (κ2) is 5.45. The minimum Gasteiger partial charge on any atom is -0.497 e. The van der Waals surface area contributed by atoms with Crippen molar-refractivity contribution < 1.29 is 14.6 Å². The molecule has 8 nitrogen and oxygen atoms in total. The number of carbonyl (C=O) groups is 1. The third-order valence-corrected chi connectivity index (χ3v) is 3.70. The molecule has 0 spiro atoms. The Balaban J connectivity index is 1.96. The van der Waals surface area contributed by atoms with Crippen LogP contribution >= 0.6 is 11.3 Å². The number of thiazole rings is 1. The van der Waals surface area contributed by atoms with Gasteiger partial charge in [0, 0.05) is 10.9 Å². The van der Waals surface area contributed by atoms with E-state index in [1.807, 2.05) is 12.1 Å². The molecule has 2 aromatic heterocycles. The van der Waals surface area contributed by atoms with E-state index in [1.165, 1.54) is 11.3 Å². The molecule has 2 heterocycles. The molecule has 0 amide bonds. The smallest absolute Gasteiger partial charge is 0.373 e. The number of carboxylic acid groups (broad SMARTS) is 1. The highest BCUT2D eigenvalue weighted by molar-refractivity contribution is 7.12. The van der Waals surface area contributed by atoms with E-state index in [9.17, 15) is 9.59 Å². The fourth-order valence-electron chi connectivity index (χ4n) is 1.81. The summed E-state index contributed by atoms with van der Waals surface area (Å²) in [6, 6.07) is 7.29. The maximum atomic E-state index is 11.7. The maximum Gasteiger partial charge on any atom is 0.373 e. The van der Waals surface area contributed by atoms with Crippen LogP contribution in [0.2, 0.25) is 0 Å². The predicted molar refractivity (Wildman–Crippen MR) is 78.8 cm³/mol. The Morgan fingerprint density at radius 3 is 2.68 bits per heavy atom. The molecule has 0 unspecified atom stereocenters. The normalized spacial score (nSPS) is 10.6. The van der Waals surface area contributed by atoms with Crippen molar-refractivity contribution in [2.45, 2.75) is 0 Å². The standard InChI is InChI=1S/C13H10N4O4S/c1-21-8-4-2-7(3-5-8)9-6-22-13(14-9)17-12(20)15-10(16-17)11(18)19/h2-6H,1H3,(H,18,19)(H,15,16,20). The van der Waals surface area contributed by atoms with E-state index in [4.69, 9.17) is 9.84 Å². The molecule has 112 valence electrons. The first kappa shape index (κ1) is 14.0. The van der Waals surface area contributed by atoms with E-state index < -0.39 is 17.5 Å². The molecule has 0 saturated heterocycles. The molecule has 3 rings (SSSR count). The van der Waals surface area contributed by atoms with Crippen LogP contribution < -0.4 is 10.4 Å². The summed E-state index contributed by atoms with van der Waals surface area (Å²) in [4.78, 5) is 29.0. The number of hydrogen-bond donors (Lipinski definition) is 2. The Morgan fingerprint density at radius 2 is 2.09 bits per heavy atom. The van der Waals surface area contributed by atoms with E-state index in [1.54, 1.807) is 24.6 Å². The molecular formula is C13H10N4O4S. The van der Waals surface area contributed by atoms with Crippen LogP contribution in [-0.2, 0) is 0 Å². The molecule has 0 aliphatic carbocycles. The number of rotatable bonds is 4. The lowest BCUT2D eigenvalue weighted by molar-refractivity contribution is 0.0683. The average molecular weight is 318 g/mol. The molecule has 22 heavy (non-hydrogen) atoms. The number of aromatic nitrogens is 4. The second-order valence-electron chi connectivity index (χ2n) is 4.24. The predicted octanol–water partition coefficient (Wildman–Crippen LogP) is 1.39. The molecule has 1 aromatic carbocycles. The molecule has 0 saturated carbocycles. The van der Waals surface area contributed by atoms with Gasteiger partial charge in [-0.05, 0) is 24.3 Å². The van der Waals surface area contributed by atoms with Crippen LogP contribution in [0.5, 0.6) is 5.75 Å². The van der Waals surface area contributed by atoms with Crippen LogP contribution in [0.15, 0.2) is 34.4 Å². The summed E-state index contributed by atoms with van der Waals surface area (Å²) >= 11 is 1.19. The number of nitrogens with one attached hydrogen (secondary N) is 1. The molecular weight excluding hydrogens is 308 g/mol. The molecule has 0 fully saturated rings. The molecule has 0 aliphatic heterocycles. The summed E-state index contributed by atoms with van der Waals surface area (Å²) in [6.45, 7) is 0. The first-order valence-corrected chi connectivity index (χ1v) is 6.99. The van der Waals surface area contributed by atoms with Gasteiger partial charge < -0.3 is 9.84 Å². The number of benzene rings is 1. The van der Waals surface area contributed by atoms with Crippen LogP contribution in [0.1, 0.15) is 10.6 Å². The van der Waals surface area contributed by atoms with Crippen molar-refractivity contribution in [1.82, 2.24) is 19.7 Å². The van der Waals surface area contributed by atoms with Gasteiger partial charge in [-0.3, -0.25) is 4.98 Å². The van der Waals surface area contributed by atoms with Gasteiger partial charge in [-0.2, -0.15) is 4.68 Å². The van der Waals surface area contributed by atoms with Crippen molar-refractivity contribution in [2.75, 3.05) is 7.11 Å². The third kappa shape index (κ3) is 2.49. The van der Waals surface area contributed by atoms with Gasteiger partial charge in [-0.1, -0.05) is 0 Å². The Hall–Kier alpha value is -2.94. The van der Waals surface area contributed by atoms with Gasteiger partial charge >= 0.3 is 11.7 Å². The molecule has 3 aromatic rings. The number of aromatic amines is 1. The fourth-order valence-corrected chi connectivity index (χ4v) is 2.59.